The topological polar surface area (TPSA) is 145 Å². The quantitative estimate of drug-likeness (QED) is 0.158. The van der Waals surface area contributed by atoms with Gasteiger partial charge in [0.1, 0.15) is 27.9 Å². The van der Waals surface area contributed by atoms with Crippen LogP contribution in [0.15, 0.2) is 436 Å². The van der Waals surface area contributed by atoms with Crippen LogP contribution in [0, 0.1) is 0 Å². The Bertz CT molecular complexity index is 11900. The van der Waals surface area contributed by atoms with Gasteiger partial charge in [0.15, 0.2) is 0 Å². The first kappa shape index (κ1) is 82.6. The van der Waals surface area contributed by atoms with Gasteiger partial charge in [-0.15, -0.1) is 56.7 Å². The number of benzene rings is 21. The Labute approximate surface area is 867 Å². The van der Waals surface area contributed by atoms with Crippen molar-refractivity contribution in [1.82, 2.24) is 43.6 Å². The van der Waals surface area contributed by atoms with Crippen molar-refractivity contribution >= 4 is 343 Å². The maximum atomic E-state index is 6.60. The average Bonchev–Trinajstić information content (AvgIpc) is 1.53. The normalized spacial score (nSPS) is 12.4. The summed E-state index contributed by atoms with van der Waals surface area (Å²) in [6.45, 7) is 0. The predicted octanol–water partition coefficient (Wildman–Crippen LogP) is 38.6. The summed E-state index contributed by atoms with van der Waals surface area (Å²) in [7, 11) is 0. The summed E-state index contributed by atoms with van der Waals surface area (Å²) in [4.78, 5) is 32.5. The minimum Gasteiger partial charge on any atom is -0.456 e. The van der Waals surface area contributed by atoms with Crippen LogP contribution in [0.5, 0.6) is 0 Å². The Balaban J connectivity index is 0.0000000957. The zero-order chi connectivity index (χ0) is 97.5. The molecule has 36 aromatic rings. The highest BCUT2D eigenvalue weighted by atomic mass is 32.1. The van der Waals surface area contributed by atoms with Crippen LogP contribution in [0.2, 0.25) is 0 Å². The van der Waals surface area contributed by atoms with Crippen molar-refractivity contribution in [2.75, 3.05) is 0 Å². The monoisotopic (exact) mass is 2000 g/mol. The molecule has 0 spiro atoms. The maximum Gasteiger partial charge on any atom is 0.238 e. The molecule has 0 bridgehead atoms. The van der Waals surface area contributed by atoms with Gasteiger partial charge in [-0.3, -0.25) is 13.7 Å². The standard InChI is InChI=1S/C44H23N3O2S.2C44H23N3OS2/c1-2-13-27-26(12-1)37-28-14-3-7-17-32(28)47(41(37)42-38(27)30-16-6-10-20-36(30)50-42)44-45-40(39-29-15-5-9-19-34(29)49-43(39)46-44)24-21-22-35-31(23-24)25-11-4-8-18-33(25)48-35;1-2-14-26-25(13-1)36-28-15-3-7-20-32(28)47(40(36)42-37(26)30-17-6-10-23-35(30)50-42)44-45-39(38-29-16-4-8-21-33(29)48-43(38)46-44)31-19-11-18-27-24-12-5-9-22-34(24)49-41(27)31;1-2-13-27-26(12-1)37-28-14-3-7-17-32(28)47(41(37)42-38(27)30-16-6-10-20-35(30)50-42)44-45-40(39-29-15-4-8-18-33(29)48-43(39)46-44)24-21-22-36-31(23-24)25-11-5-9-19-34(25)49-36/h3*1-23H. The molecule has 18 heteroatoms. The number of hydrogen-bond acceptors (Lipinski definition) is 15. The van der Waals surface area contributed by atoms with Gasteiger partial charge >= 0.3 is 0 Å². The summed E-state index contributed by atoms with van der Waals surface area (Å²) >= 11 is 9.16. The van der Waals surface area contributed by atoms with E-state index in [0.717, 1.165) is 138 Å². The van der Waals surface area contributed by atoms with E-state index in [4.69, 9.17) is 47.6 Å². The molecule has 36 rings (SSSR count). The molecule has 0 aliphatic rings. The summed E-state index contributed by atoms with van der Waals surface area (Å²) in [5.41, 5.74) is 18.1. The third-order valence-electron chi connectivity index (χ3n) is 30.7. The molecule has 0 N–H and O–H groups in total. The van der Waals surface area contributed by atoms with E-state index in [-0.39, 0.29) is 0 Å². The molecule has 0 saturated carbocycles. The van der Waals surface area contributed by atoms with Crippen LogP contribution in [0.1, 0.15) is 0 Å². The second-order valence-corrected chi connectivity index (χ2v) is 43.9. The fourth-order valence-electron chi connectivity index (χ4n) is 24.4. The number of thiophene rings is 5. The first-order chi connectivity index (χ1) is 74.4. The van der Waals surface area contributed by atoms with Crippen LogP contribution < -0.4 is 0 Å². The van der Waals surface area contributed by atoms with Gasteiger partial charge in [0, 0.05) is 163 Å². The average molecular weight is 2010 g/mol. The predicted molar refractivity (Wildman–Crippen MR) is 631 cm³/mol. The minimum atomic E-state index is 0.558. The van der Waals surface area contributed by atoms with Crippen molar-refractivity contribution in [2.45, 2.75) is 0 Å². The molecule has 150 heavy (non-hydrogen) atoms. The molecule has 0 saturated heterocycles. The summed E-state index contributed by atoms with van der Waals surface area (Å²) in [6, 6.07) is 148. The SMILES string of the molecule is c1ccc2c(c1)oc1ccc(-c3nc(-n4c5ccccc5c5c6ccccc6c6c7ccccc7sc6c54)nc4oc5ccccc5c34)cc12.c1ccc2c(c1)oc1nc(-n3c4ccccc4c4c5ccccc5c5c6ccccc6sc5c43)nc(-c3ccc4sc5ccccc5c4c3)c12.c1ccc2c(c1)oc1nc(-n3c4ccccc4c4c5ccccc5c5c6ccccc6sc5c43)nc(-c3cccc4c3sc3ccccc34)c12. The Hall–Kier alpha value is -18.7. The molecule has 0 atom stereocenters. The number of hydrogen-bond donors (Lipinski definition) is 0. The van der Waals surface area contributed by atoms with Gasteiger partial charge in [0.2, 0.25) is 35.0 Å². The van der Waals surface area contributed by atoms with Crippen LogP contribution in [-0.4, -0.2) is 43.6 Å². The molecule has 0 aliphatic heterocycles. The van der Waals surface area contributed by atoms with Crippen molar-refractivity contribution in [3.63, 3.8) is 0 Å². The number of aromatic nitrogens is 9. The number of furan rings is 4. The van der Waals surface area contributed by atoms with Gasteiger partial charge in [-0.2, -0.15) is 15.0 Å². The van der Waals surface area contributed by atoms with Gasteiger partial charge in [0.05, 0.1) is 80.4 Å². The molecule has 0 fully saturated rings. The van der Waals surface area contributed by atoms with Gasteiger partial charge in [-0.1, -0.05) is 315 Å². The molecule has 0 amide bonds. The van der Waals surface area contributed by atoms with Crippen molar-refractivity contribution in [2.24, 2.45) is 0 Å². The van der Waals surface area contributed by atoms with E-state index in [0.29, 0.717) is 35.0 Å². The van der Waals surface area contributed by atoms with Gasteiger partial charge in [0.25, 0.3) is 0 Å². The van der Waals surface area contributed by atoms with Crippen molar-refractivity contribution < 1.29 is 17.7 Å². The smallest absolute Gasteiger partial charge is 0.238 e. The lowest BCUT2D eigenvalue weighted by Crippen LogP contribution is -2.03. The molecule has 15 aromatic heterocycles. The Morgan fingerprint density at radius 1 is 0.167 bits per heavy atom. The first-order valence-corrected chi connectivity index (χ1v) is 54.1. The lowest BCUT2D eigenvalue weighted by molar-refractivity contribution is 0.651. The van der Waals surface area contributed by atoms with Crippen molar-refractivity contribution in [3.05, 3.63) is 419 Å². The fourth-order valence-corrected chi connectivity index (χ4v) is 30.5. The summed E-state index contributed by atoms with van der Waals surface area (Å²) in [5, 5.41) is 35.2. The molecule has 0 radical (unpaired) electrons. The molecular weight excluding hydrogens is 1940 g/mol. The molecular formula is C132H69N9O4S5. The van der Waals surface area contributed by atoms with Crippen LogP contribution >= 0.6 is 56.7 Å². The van der Waals surface area contributed by atoms with Crippen LogP contribution in [0.4, 0.5) is 0 Å². The van der Waals surface area contributed by atoms with E-state index in [9.17, 15) is 0 Å². The second kappa shape index (κ2) is 31.4. The van der Waals surface area contributed by atoms with E-state index >= 15 is 0 Å². The number of rotatable bonds is 6. The Morgan fingerprint density at radius 3 is 0.867 bits per heavy atom. The minimum absolute atomic E-state index is 0.558. The lowest BCUT2D eigenvalue weighted by atomic mass is 9.99. The number of para-hydroxylation sites is 7. The van der Waals surface area contributed by atoms with E-state index in [1.807, 2.05) is 117 Å². The fraction of sp³-hybridized carbons (Fsp3) is 0. The summed E-state index contributed by atoms with van der Waals surface area (Å²) in [5.74, 6) is 1.77. The van der Waals surface area contributed by atoms with E-state index < -0.39 is 0 Å². The zero-order valence-electron chi connectivity index (χ0n) is 79.0. The van der Waals surface area contributed by atoms with Gasteiger partial charge < -0.3 is 17.7 Å². The van der Waals surface area contributed by atoms with E-state index in [2.05, 4.69) is 372 Å². The van der Waals surface area contributed by atoms with E-state index in [1.54, 1.807) is 0 Å². The molecule has 21 aromatic carbocycles. The van der Waals surface area contributed by atoms with Crippen molar-refractivity contribution in [1.29, 1.82) is 0 Å². The van der Waals surface area contributed by atoms with Gasteiger partial charge in [-0.25, -0.2) is 15.0 Å². The van der Waals surface area contributed by atoms with Crippen molar-refractivity contribution in [3.8, 4) is 51.6 Å². The Kier molecular flexibility index (Phi) is 17.3. The summed E-state index contributed by atoms with van der Waals surface area (Å²) in [6.07, 6.45) is 0. The highest BCUT2D eigenvalue weighted by Gasteiger charge is 2.33. The number of nitrogens with zero attached hydrogens (tertiary/aromatic N) is 9. The molecule has 0 aliphatic carbocycles. The molecule has 696 valence electrons. The van der Waals surface area contributed by atoms with Gasteiger partial charge in [-0.05, 0) is 135 Å². The van der Waals surface area contributed by atoms with Crippen LogP contribution in [0.3, 0.4) is 0 Å². The van der Waals surface area contributed by atoms with Crippen LogP contribution in [0.25, 0.3) is 338 Å². The highest BCUT2D eigenvalue weighted by molar-refractivity contribution is 7.28. The largest absolute Gasteiger partial charge is 0.456 e. The number of fused-ring (bicyclic) bond motifs is 48. The van der Waals surface area contributed by atoms with Crippen LogP contribution in [-0.2, 0) is 0 Å². The highest BCUT2D eigenvalue weighted by Crippen LogP contribution is 2.55. The summed E-state index contributed by atoms with van der Waals surface area (Å²) < 4.78 is 45.2. The first-order valence-electron chi connectivity index (χ1n) is 50.0. The Morgan fingerprint density at radius 2 is 0.447 bits per heavy atom. The molecule has 0 unspecified atom stereocenters. The molecule has 15 heterocycles. The zero-order valence-corrected chi connectivity index (χ0v) is 83.1. The third-order valence-corrected chi connectivity index (χ3v) is 36.6. The third kappa shape index (κ3) is 11.7. The second-order valence-electron chi connectivity index (χ2n) is 38.6. The molecule has 13 nitrogen and oxygen atoms in total. The lowest BCUT2D eigenvalue weighted by Gasteiger charge is -2.11. The van der Waals surface area contributed by atoms with E-state index in [1.165, 1.54) is 165 Å². The maximum absolute atomic E-state index is 6.60.